The molecule has 56 valence electrons. The third-order valence-electron chi connectivity index (χ3n) is 0.483. The molecule has 7 heteroatoms. The zero-order chi connectivity index (χ0) is 7.65. The predicted octanol–water partition coefficient (Wildman–Crippen LogP) is 1.24. The van der Waals surface area contributed by atoms with E-state index in [2.05, 4.69) is 0 Å². The maximum absolute atomic E-state index is 10.0. The van der Waals surface area contributed by atoms with Crippen molar-refractivity contribution in [2.75, 3.05) is 0 Å². The first kappa shape index (κ1) is 9.78. The Morgan fingerprint density at radius 1 is 1.22 bits per heavy atom. The summed E-state index contributed by atoms with van der Waals surface area (Å²) in [4.78, 5) is -1.32. The number of rotatable bonds is 2. The van der Waals surface area contributed by atoms with E-state index in [9.17, 15) is 8.42 Å². The quantitative estimate of drug-likeness (QED) is 0.555. The highest BCUT2D eigenvalue weighted by Crippen LogP contribution is 2.18. The topological polar surface area (TPSA) is 54.4 Å². The Hall–Kier alpha value is 0.780. The van der Waals surface area contributed by atoms with E-state index in [-0.39, 0.29) is 0 Å². The fraction of sp³-hybridized carbons (Fsp3) is 1.00. The summed E-state index contributed by atoms with van der Waals surface area (Å²) in [5, 5.41) is 0. The van der Waals surface area contributed by atoms with Crippen LogP contribution in [0.5, 0.6) is 0 Å². The van der Waals surface area contributed by atoms with Gasteiger partial charge in [0.15, 0.2) is 4.71 Å². The molecule has 0 radical (unpaired) electrons. The summed E-state index contributed by atoms with van der Waals surface area (Å²) in [6.45, 7) is 0. The Morgan fingerprint density at radius 3 is 1.56 bits per heavy atom. The molecule has 0 aliphatic heterocycles. The van der Waals surface area contributed by atoms with Gasteiger partial charge in [-0.2, -0.15) is 8.42 Å². The lowest BCUT2D eigenvalue weighted by molar-refractivity contribution is 0.480. The van der Waals surface area contributed by atoms with Crippen LogP contribution in [0.25, 0.3) is 0 Å². The van der Waals surface area contributed by atoms with E-state index in [4.69, 9.17) is 39.4 Å². The lowest BCUT2D eigenvalue weighted by atomic mass is 10.9. The molecule has 0 saturated carbocycles. The van der Waals surface area contributed by atoms with Crippen molar-refractivity contribution in [1.29, 1.82) is 0 Å². The molecule has 0 spiro atoms. The smallest absolute Gasteiger partial charge is 0.284 e. The summed E-state index contributed by atoms with van der Waals surface area (Å²) in [7, 11) is -4.30. The molecule has 0 rings (SSSR count). The van der Waals surface area contributed by atoms with E-state index in [0.29, 0.717) is 0 Å². The van der Waals surface area contributed by atoms with E-state index >= 15 is 0 Å². The third-order valence-corrected chi connectivity index (χ3v) is 3.31. The minimum Gasteiger partial charge on any atom is -0.284 e. The van der Waals surface area contributed by atoms with Crippen molar-refractivity contribution in [2.24, 2.45) is 0 Å². The summed E-state index contributed by atoms with van der Waals surface area (Å²) in [5.74, 6) is 0. The molecule has 0 aromatic carbocycles. The Kier molecular flexibility index (Phi) is 3.54. The number of hydrogen-bond acceptors (Lipinski definition) is 2. The van der Waals surface area contributed by atoms with Gasteiger partial charge in [0.1, 0.15) is 4.84 Å². The molecular weight excluding hydrogens is 210 g/mol. The van der Waals surface area contributed by atoms with Gasteiger partial charge in [0, 0.05) is 0 Å². The highest BCUT2D eigenvalue weighted by Gasteiger charge is 2.26. The predicted molar refractivity (Wildman–Crippen MR) is 36.7 cm³/mol. The molecule has 0 aromatic rings. The summed E-state index contributed by atoms with van der Waals surface area (Å²) >= 11 is 15.0. The second-order valence-corrected chi connectivity index (χ2v) is 4.63. The van der Waals surface area contributed by atoms with Gasteiger partial charge in [-0.3, -0.25) is 4.55 Å². The van der Waals surface area contributed by atoms with Crippen LogP contribution in [0.2, 0.25) is 0 Å². The minimum absolute atomic E-state index is 1.32. The van der Waals surface area contributed by atoms with Crippen molar-refractivity contribution < 1.29 is 13.0 Å². The van der Waals surface area contributed by atoms with Crippen LogP contribution in [-0.4, -0.2) is 22.5 Å². The zero-order valence-electron chi connectivity index (χ0n) is 3.96. The summed E-state index contributed by atoms with van der Waals surface area (Å²) in [6, 6.07) is 0. The molecule has 0 bridgehead atoms. The molecule has 0 fully saturated rings. The third kappa shape index (κ3) is 3.47. The fourth-order valence-corrected chi connectivity index (χ4v) is 1.17. The largest absolute Gasteiger partial charge is 0.284 e. The van der Waals surface area contributed by atoms with Crippen molar-refractivity contribution in [2.45, 2.75) is 9.55 Å². The monoisotopic (exact) mass is 212 g/mol. The molecule has 1 unspecified atom stereocenters. The van der Waals surface area contributed by atoms with Gasteiger partial charge in [-0.15, -0.1) is 23.2 Å². The van der Waals surface area contributed by atoms with Crippen LogP contribution in [0.15, 0.2) is 0 Å². The molecule has 0 saturated heterocycles. The van der Waals surface area contributed by atoms with Crippen molar-refractivity contribution in [3.8, 4) is 0 Å². The Balaban J connectivity index is 4.24. The second kappa shape index (κ2) is 3.25. The van der Waals surface area contributed by atoms with E-state index in [1.807, 2.05) is 0 Å². The molecule has 1 atom stereocenters. The normalized spacial score (nSPS) is 16.1. The molecule has 9 heavy (non-hydrogen) atoms. The van der Waals surface area contributed by atoms with E-state index < -0.39 is 19.7 Å². The van der Waals surface area contributed by atoms with Crippen molar-refractivity contribution in [3.05, 3.63) is 0 Å². The lowest BCUT2D eigenvalue weighted by Crippen LogP contribution is -2.20. The van der Waals surface area contributed by atoms with Crippen LogP contribution < -0.4 is 0 Å². The van der Waals surface area contributed by atoms with Crippen molar-refractivity contribution >= 4 is 44.9 Å². The highest BCUT2D eigenvalue weighted by atomic mass is 35.5. The average molecular weight is 213 g/mol. The molecular formula is C2H3Cl3O3S. The Morgan fingerprint density at radius 2 is 1.56 bits per heavy atom. The Labute approximate surface area is 67.6 Å². The first-order valence-corrected chi connectivity index (χ1v) is 4.55. The van der Waals surface area contributed by atoms with Gasteiger partial charge in [0.25, 0.3) is 10.1 Å². The Bertz CT molecular complexity index is 173. The minimum atomic E-state index is -4.30. The summed E-state index contributed by atoms with van der Waals surface area (Å²) in [6.07, 6.45) is 0. The maximum Gasteiger partial charge on any atom is 0.284 e. The molecule has 0 aliphatic rings. The van der Waals surface area contributed by atoms with Crippen molar-refractivity contribution in [3.63, 3.8) is 0 Å². The SMILES string of the molecule is O=S(=O)(O)C(Cl)C(Cl)Cl. The van der Waals surface area contributed by atoms with Crippen molar-refractivity contribution in [1.82, 2.24) is 0 Å². The van der Waals surface area contributed by atoms with Gasteiger partial charge >= 0.3 is 0 Å². The van der Waals surface area contributed by atoms with Gasteiger partial charge < -0.3 is 0 Å². The van der Waals surface area contributed by atoms with Gasteiger partial charge in [0.2, 0.25) is 0 Å². The molecule has 0 amide bonds. The molecule has 0 aliphatic carbocycles. The molecule has 1 N–H and O–H groups in total. The number of alkyl halides is 3. The first-order valence-electron chi connectivity index (χ1n) is 1.74. The number of hydrogen-bond donors (Lipinski definition) is 1. The van der Waals surface area contributed by atoms with Gasteiger partial charge in [-0.05, 0) is 0 Å². The average Bonchev–Trinajstić information content (AvgIpc) is 1.62. The van der Waals surface area contributed by atoms with Crippen LogP contribution in [0.3, 0.4) is 0 Å². The fourth-order valence-electron chi connectivity index (χ4n) is 0.130. The summed E-state index contributed by atoms with van der Waals surface area (Å²) in [5.41, 5.74) is 0. The molecule has 0 heterocycles. The maximum atomic E-state index is 10.0. The first-order chi connectivity index (χ1) is 3.85. The van der Waals surface area contributed by atoms with Crippen LogP contribution >= 0.6 is 34.8 Å². The zero-order valence-corrected chi connectivity index (χ0v) is 7.04. The van der Waals surface area contributed by atoms with Crippen LogP contribution in [-0.2, 0) is 10.1 Å². The van der Waals surface area contributed by atoms with Gasteiger partial charge in [-0.25, -0.2) is 0 Å². The molecule has 0 aromatic heterocycles. The van der Waals surface area contributed by atoms with E-state index in [0.717, 1.165) is 0 Å². The second-order valence-electron chi connectivity index (χ2n) is 1.20. The highest BCUT2D eigenvalue weighted by molar-refractivity contribution is 7.88. The number of halogens is 3. The van der Waals surface area contributed by atoms with E-state index in [1.165, 1.54) is 0 Å². The standard InChI is InChI=1S/C2H3Cl3O3S/c3-1(4)2(5)9(6,7)8/h1-2H,(H,6,7,8). The van der Waals surface area contributed by atoms with Crippen LogP contribution in [0, 0.1) is 0 Å². The summed E-state index contributed by atoms with van der Waals surface area (Å²) < 4.78 is 26.5. The van der Waals surface area contributed by atoms with Crippen LogP contribution in [0.1, 0.15) is 0 Å². The lowest BCUT2D eigenvalue weighted by Gasteiger charge is -2.03. The van der Waals surface area contributed by atoms with Gasteiger partial charge in [-0.1, -0.05) is 11.6 Å². The molecule has 3 nitrogen and oxygen atoms in total. The van der Waals surface area contributed by atoms with Gasteiger partial charge in [0.05, 0.1) is 0 Å². The van der Waals surface area contributed by atoms with E-state index in [1.54, 1.807) is 0 Å². The van der Waals surface area contributed by atoms with Crippen LogP contribution in [0.4, 0.5) is 0 Å².